The minimum Gasteiger partial charge on any atom is -0.485 e. The van der Waals surface area contributed by atoms with Gasteiger partial charge in [0.2, 0.25) is 0 Å². The molecule has 3 rings (SSSR count). The van der Waals surface area contributed by atoms with Crippen LogP contribution in [0.4, 0.5) is 0 Å². The molecule has 0 fully saturated rings. The molecule has 0 aliphatic heterocycles. The van der Waals surface area contributed by atoms with Crippen molar-refractivity contribution in [2.45, 2.75) is 45.6 Å². The highest BCUT2D eigenvalue weighted by atomic mass is 16.5. The number of ketones is 1. The summed E-state index contributed by atoms with van der Waals surface area (Å²) in [6.45, 7) is 3.63. The molecule has 1 aromatic heterocycles. The van der Waals surface area contributed by atoms with Crippen molar-refractivity contribution in [2.24, 2.45) is 0 Å². The van der Waals surface area contributed by atoms with Crippen LogP contribution in [-0.4, -0.2) is 11.9 Å². The van der Waals surface area contributed by atoms with Crippen LogP contribution in [0.15, 0.2) is 39.6 Å². The Bertz CT molecular complexity index is 829. The minimum absolute atomic E-state index is 0.0406. The molecular weight excluding hydrogens is 292 g/mol. The van der Waals surface area contributed by atoms with Gasteiger partial charge >= 0.3 is 5.63 Å². The van der Waals surface area contributed by atoms with E-state index in [0.29, 0.717) is 23.3 Å². The van der Waals surface area contributed by atoms with Gasteiger partial charge in [-0.25, -0.2) is 4.79 Å². The second-order valence-corrected chi connectivity index (χ2v) is 5.86. The summed E-state index contributed by atoms with van der Waals surface area (Å²) < 4.78 is 11.4. The predicted octanol–water partition coefficient (Wildman–Crippen LogP) is 4.18. The Kier molecular flexibility index (Phi) is 4.33. The third kappa shape index (κ3) is 3.07. The molecule has 1 aliphatic rings. The molecule has 0 amide bonds. The van der Waals surface area contributed by atoms with E-state index in [-0.39, 0.29) is 11.9 Å². The molecule has 1 aliphatic carbocycles. The van der Waals surface area contributed by atoms with Gasteiger partial charge in [0.15, 0.2) is 11.4 Å². The average Bonchev–Trinajstić information content (AvgIpc) is 2.54. The van der Waals surface area contributed by atoms with Crippen LogP contribution in [0.1, 0.15) is 48.5 Å². The van der Waals surface area contributed by atoms with Gasteiger partial charge in [-0.1, -0.05) is 13.0 Å². The highest BCUT2D eigenvalue weighted by Gasteiger charge is 2.21. The Morgan fingerprint density at radius 2 is 2.22 bits per heavy atom. The molecule has 1 aromatic carbocycles. The van der Waals surface area contributed by atoms with Crippen LogP contribution >= 0.6 is 0 Å². The molecule has 0 spiro atoms. The fraction of sp³-hybridized carbons (Fsp3) is 0.368. The fourth-order valence-corrected chi connectivity index (χ4v) is 2.95. The first-order valence-corrected chi connectivity index (χ1v) is 8.04. The van der Waals surface area contributed by atoms with Crippen molar-refractivity contribution in [1.29, 1.82) is 0 Å². The zero-order valence-corrected chi connectivity index (χ0v) is 13.4. The molecule has 1 heterocycles. The Morgan fingerprint density at radius 3 is 2.91 bits per heavy atom. The lowest BCUT2D eigenvalue weighted by Crippen LogP contribution is -2.17. The summed E-state index contributed by atoms with van der Waals surface area (Å²) in [6, 6.07) is 5.09. The van der Waals surface area contributed by atoms with Crippen molar-refractivity contribution >= 4 is 16.8 Å². The van der Waals surface area contributed by atoms with Crippen LogP contribution in [0.5, 0.6) is 5.75 Å². The van der Waals surface area contributed by atoms with E-state index >= 15 is 0 Å². The third-order valence-electron chi connectivity index (χ3n) is 4.17. The SMILES string of the molecule is CCC(=O)c1c(OC2C=CCCC2)ccc2c(C)cc(=O)oc12. The Balaban J connectivity index is 2.17. The van der Waals surface area contributed by atoms with Gasteiger partial charge in [-0.05, 0) is 50.0 Å². The number of rotatable bonds is 4. The Morgan fingerprint density at radius 1 is 1.39 bits per heavy atom. The number of benzene rings is 1. The minimum atomic E-state index is -0.449. The first-order valence-electron chi connectivity index (χ1n) is 8.04. The molecule has 4 heteroatoms. The normalized spacial score (nSPS) is 17.4. The van der Waals surface area contributed by atoms with Crippen molar-refractivity contribution in [3.63, 3.8) is 0 Å². The van der Waals surface area contributed by atoms with E-state index in [0.717, 1.165) is 30.2 Å². The van der Waals surface area contributed by atoms with Gasteiger partial charge < -0.3 is 9.15 Å². The number of ether oxygens (including phenoxy) is 1. The van der Waals surface area contributed by atoms with Crippen molar-refractivity contribution in [1.82, 2.24) is 0 Å². The van der Waals surface area contributed by atoms with E-state index < -0.39 is 5.63 Å². The number of carbonyl (C=O) groups is 1. The largest absolute Gasteiger partial charge is 0.485 e. The third-order valence-corrected chi connectivity index (χ3v) is 4.17. The molecule has 0 radical (unpaired) electrons. The predicted molar refractivity (Wildman–Crippen MR) is 89.2 cm³/mol. The van der Waals surface area contributed by atoms with Gasteiger partial charge in [0.05, 0.1) is 0 Å². The van der Waals surface area contributed by atoms with Crippen LogP contribution < -0.4 is 10.4 Å². The summed E-state index contributed by atoms with van der Waals surface area (Å²) in [5, 5.41) is 0.771. The van der Waals surface area contributed by atoms with Crippen LogP contribution in [0.25, 0.3) is 11.0 Å². The highest BCUT2D eigenvalue weighted by Crippen LogP contribution is 2.32. The van der Waals surface area contributed by atoms with Gasteiger partial charge in [-0.15, -0.1) is 0 Å². The summed E-state index contributed by atoms with van der Waals surface area (Å²) in [5.74, 6) is 0.411. The summed E-state index contributed by atoms with van der Waals surface area (Å²) >= 11 is 0. The number of aryl methyl sites for hydroxylation is 1. The molecule has 120 valence electrons. The summed E-state index contributed by atoms with van der Waals surface area (Å²) in [4.78, 5) is 24.2. The van der Waals surface area contributed by atoms with E-state index in [4.69, 9.17) is 9.15 Å². The standard InChI is InChI=1S/C19H20O4/c1-3-15(20)18-16(22-13-7-5-4-6-8-13)10-9-14-12(2)11-17(21)23-19(14)18/h5,7,9-11,13H,3-4,6,8H2,1-2H3. The van der Waals surface area contributed by atoms with E-state index in [9.17, 15) is 9.59 Å². The smallest absolute Gasteiger partial charge is 0.336 e. The van der Waals surface area contributed by atoms with Crippen molar-refractivity contribution < 1.29 is 13.9 Å². The number of Topliss-reactive ketones (excluding diaryl/α,β-unsaturated/α-hetero) is 1. The lowest BCUT2D eigenvalue weighted by atomic mass is 10.0. The number of hydrogen-bond acceptors (Lipinski definition) is 4. The zero-order chi connectivity index (χ0) is 16.4. The highest BCUT2D eigenvalue weighted by molar-refractivity contribution is 6.08. The second-order valence-electron chi connectivity index (χ2n) is 5.86. The number of hydrogen-bond donors (Lipinski definition) is 0. The summed E-state index contributed by atoms with van der Waals surface area (Å²) in [7, 11) is 0. The van der Waals surface area contributed by atoms with Gasteiger partial charge in [0, 0.05) is 17.9 Å². The van der Waals surface area contributed by atoms with Crippen molar-refractivity contribution in [3.05, 3.63) is 51.9 Å². The maximum Gasteiger partial charge on any atom is 0.336 e. The van der Waals surface area contributed by atoms with E-state index in [1.807, 2.05) is 19.1 Å². The van der Waals surface area contributed by atoms with Crippen molar-refractivity contribution in [3.8, 4) is 5.75 Å². The molecule has 1 unspecified atom stereocenters. The zero-order valence-electron chi connectivity index (χ0n) is 13.4. The molecule has 2 aromatic rings. The first-order chi connectivity index (χ1) is 11.1. The van der Waals surface area contributed by atoms with Gasteiger partial charge in [0.1, 0.15) is 17.4 Å². The number of fused-ring (bicyclic) bond motifs is 1. The monoisotopic (exact) mass is 312 g/mol. The van der Waals surface area contributed by atoms with Gasteiger partial charge in [-0.2, -0.15) is 0 Å². The topological polar surface area (TPSA) is 56.5 Å². The molecule has 0 saturated heterocycles. The second kappa shape index (κ2) is 6.41. The maximum absolute atomic E-state index is 12.5. The molecule has 0 N–H and O–H groups in total. The number of carbonyl (C=O) groups excluding carboxylic acids is 1. The first kappa shape index (κ1) is 15.5. The lowest BCUT2D eigenvalue weighted by molar-refractivity contribution is 0.0982. The molecule has 0 saturated carbocycles. The van der Waals surface area contributed by atoms with Crippen LogP contribution in [0, 0.1) is 6.92 Å². The molecular formula is C19H20O4. The van der Waals surface area contributed by atoms with Gasteiger partial charge in [-0.3, -0.25) is 4.79 Å². The average molecular weight is 312 g/mol. The Hall–Kier alpha value is -2.36. The van der Waals surface area contributed by atoms with Crippen LogP contribution in [-0.2, 0) is 0 Å². The molecule has 23 heavy (non-hydrogen) atoms. The van der Waals surface area contributed by atoms with Crippen LogP contribution in [0.3, 0.4) is 0 Å². The maximum atomic E-state index is 12.5. The quantitative estimate of drug-likeness (QED) is 0.483. The van der Waals surface area contributed by atoms with Gasteiger partial charge in [0.25, 0.3) is 0 Å². The lowest BCUT2D eigenvalue weighted by Gasteiger charge is -2.20. The number of allylic oxidation sites excluding steroid dienone is 1. The van der Waals surface area contributed by atoms with Crippen LogP contribution in [0.2, 0.25) is 0 Å². The fourth-order valence-electron chi connectivity index (χ4n) is 2.95. The molecule has 0 bridgehead atoms. The summed E-state index contributed by atoms with van der Waals surface area (Å²) in [6.07, 6.45) is 7.47. The van der Waals surface area contributed by atoms with E-state index in [2.05, 4.69) is 6.08 Å². The van der Waals surface area contributed by atoms with Crippen molar-refractivity contribution in [2.75, 3.05) is 0 Å². The molecule has 4 nitrogen and oxygen atoms in total. The van der Waals surface area contributed by atoms with E-state index in [1.54, 1.807) is 13.0 Å². The van der Waals surface area contributed by atoms with E-state index in [1.165, 1.54) is 6.07 Å². The molecule has 1 atom stereocenters. The summed E-state index contributed by atoms with van der Waals surface area (Å²) in [5.41, 5.74) is 1.06. The Labute approximate surface area is 134 Å².